The van der Waals surface area contributed by atoms with Crippen molar-refractivity contribution in [2.75, 3.05) is 25.1 Å². The van der Waals surface area contributed by atoms with E-state index in [2.05, 4.69) is 33.0 Å². The number of phenolic OH excluding ortho intramolecular Hbond substituents is 1. The van der Waals surface area contributed by atoms with Crippen molar-refractivity contribution in [3.05, 3.63) is 100 Å². The highest BCUT2D eigenvalue weighted by Gasteiger charge is 2.68. The molecule has 50 heavy (non-hydrogen) atoms. The van der Waals surface area contributed by atoms with E-state index in [-0.39, 0.29) is 47.6 Å². The number of likely N-dealkylation sites (tertiary alicyclic amines) is 2. The molecule has 3 aromatic carbocycles. The number of anilines is 1. The van der Waals surface area contributed by atoms with Gasteiger partial charge in [-0.2, -0.15) is 0 Å². The van der Waals surface area contributed by atoms with E-state index < -0.39 is 35.0 Å². The Balaban J connectivity index is 1.15. The number of rotatable bonds is 6. The van der Waals surface area contributed by atoms with Crippen LogP contribution in [0.2, 0.25) is 0 Å². The van der Waals surface area contributed by atoms with E-state index >= 15 is 0 Å². The first-order valence-corrected chi connectivity index (χ1v) is 18.3. The van der Waals surface area contributed by atoms with Gasteiger partial charge in [0.05, 0.1) is 36.0 Å². The van der Waals surface area contributed by atoms with Crippen molar-refractivity contribution in [2.24, 2.45) is 29.1 Å². The third-order valence-corrected chi connectivity index (χ3v) is 12.6. The van der Waals surface area contributed by atoms with Crippen LogP contribution in [0.1, 0.15) is 49.7 Å². The number of nitrogens with zero attached hydrogens (tertiary/aromatic N) is 3. The van der Waals surface area contributed by atoms with Crippen LogP contribution in [0.15, 0.2) is 88.9 Å². The molecule has 1 N–H and O–H groups in total. The fourth-order valence-electron chi connectivity index (χ4n) is 9.71. The van der Waals surface area contributed by atoms with Crippen molar-refractivity contribution in [2.45, 2.75) is 51.1 Å². The molecule has 3 aromatic rings. The Morgan fingerprint density at radius 2 is 1.58 bits per heavy atom. The Morgan fingerprint density at radius 1 is 0.900 bits per heavy atom. The normalized spacial score (nSPS) is 29.9. The third kappa shape index (κ3) is 4.97. The summed E-state index contributed by atoms with van der Waals surface area (Å²) in [5, 5.41) is 11.6. The van der Waals surface area contributed by atoms with Crippen LogP contribution in [-0.4, -0.2) is 64.8 Å². The van der Waals surface area contributed by atoms with Crippen molar-refractivity contribution in [3.8, 4) is 11.5 Å². The van der Waals surface area contributed by atoms with Crippen LogP contribution in [-0.2, 0) is 25.7 Å². The van der Waals surface area contributed by atoms with Crippen molar-refractivity contribution in [3.63, 3.8) is 0 Å². The molecule has 0 radical (unpaired) electrons. The average molecular weight is 739 g/mol. The molecule has 3 saturated heterocycles. The van der Waals surface area contributed by atoms with Crippen molar-refractivity contribution in [1.29, 1.82) is 0 Å². The molecule has 2 aliphatic carbocycles. The number of fused-ring (bicyclic) bond motifs is 4. The second-order valence-corrected chi connectivity index (χ2v) is 15.5. The van der Waals surface area contributed by atoms with Crippen LogP contribution in [0.3, 0.4) is 0 Å². The van der Waals surface area contributed by atoms with Gasteiger partial charge in [-0.15, -0.1) is 0 Å². The SMILES string of the molecule is COc1cc(Br)cc([C@H]2C3=CC[C@@H]4C(=O)N(C5CCN(Cc6ccccc6)CC5)C(=O)[C@@H]4[C@@H]3C[C@H]3C(=O)N(c4ccccc4)C(=O)[C@@]23C)c1O. The van der Waals surface area contributed by atoms with E-state index in [9.17, 15) is 24.3 Å². The Hall–Kier alpha value is -4.28. The number of phenols is 1. The van der Waals surface area contributed by atoms with Gasteiger partial charge in [-0.25, -0.2) is 4.90 Å². The Kier molecular flexibility index (Phi) is 8.22. The number of allylic oxidation sites excluding steroid dienone is 2. The molecule has 0 unspecified atom stereocenters. The number of benzene rings is 3. The van der Waals surface area contributed by atoms with Crippen LogP contribution in [0.25, 0.3) is 0 Å². The minimum Gasteiger partial charge on any atom is -0.504 e. The highest BCUT2D eigenvalue weighted by Crippen LogP contribution is 2.65. The average Bonchev–Trinajstić information content (AvgIpc) is 3.49. The number of amides is 4. The van der Waals surface area contributed by atoms with Gasteiger partial charge in [-0.3, -0.25) is 29.0 Å². The van der Waals surface area contributed by atoms with E-state index in [1.54, 1.807) is 41.3 Å². The summed E-state index contributed by atoms with van der Waals surface area (Å²) < 4.78 is 6.17. The molecule has 4 fully saturated rings. The summed E-state index contributed by atoms with van der Waals surface area (Å²) in [6.07, 6.45) is 4.07. The van der Waals surface area contributed by atoms with E-state index in [0.717, 1.165) is 25.2 Å². The number of methoxy groups -OCH3 is 1. The van der Waals surface area contributed by atoms with Gasteiger partial charge < -0.3 is 9.84 Å². The van der Waals surface area contributed by atoms with Crippen molar-refractivity contribution >= 4 is 45.2 Å². The van der Waals surface area contributed by atoms with E-state index in [0.29, 0.717) is 35.0 Å². The number of aromatic hydroxyl groups is 1. The lowest BCUT2D eigenvalue weighted by Gasteiger charge is -2.49. The molecule has 4 amide bonds. The van der Waals surface area contributed by atoms with Crippen molar-refractivity contribution in [1.82, 2.24) is 9.80 Å². The molecule has 258 valence electrons. The molecule has 10 heteroatoms. The Labute approximate surface area is 300 Å². The molecule has 5 aliphatic rings. The summed E-state index contributed by atoms with van der Waals surface area (Å²) in [6.45, 7) is 4.23. The maximum absolute atomic E-state index is 14.6. The zero-order valence-electron chi connectivity index (χ0n) is 28.1. The molecule has 0 aromatic heterocycles. The molecule has 3 heterocycles. The summed E-state index contributed by atoms with van der Waals surface area (Å²) in [6, 6.07) is 22.5. The molecule has 1 saturated carbocycles. The fourth-order valence-corrected chi connectivity index (χ4v) is 10.2. The smallest absolute Gasteiger partial charge is 0.241 e. The summed E-state index contributed by atoms with van der Waals surface area (Å²) >= 11 is 3.56. The third-order valence-electron chi connectivity index (χ3n) is 12.1. The van der Waals surface area contributed by atoms with Crippen LogP contribution >= 0.6 is 15.9 Å². The molecule has 3 aliphatic heterocycles. The minimum atomic E-state index is -1.26. The molecule has 6 atom stereocenters. The number of hydrogen-bond acceptors (Lipinski definition) is 7. The second-order valence-electron chi connectivity index (χ2n) is 14.6. The first-order chi connectivity index (χ1) is 24.1. The second kappa shape index (κ2) is 12.5. The van der Waals surface area contributed by atoms with Crippen molar-refractivity contribution < 1.29 is 29.0 Å². The monoisotopic (exact) mass is 737 g/mol. The van der Waals surface area contributed by atoms with Gasteiger partial charge in [0.15, 0.2) is 11.5 Å². The first-order valence-electron chi connectivity index (χ1n) is 17.5. The number of hydrogen-bond donors (Lipinski definition) is 1. The molecule has 9 nitrogen and oxygen atoms in total. The van der Waals surface area contributed by atoms with Gasteiger partial charge in [0.25, 0.3) is 0 Å². The fraction of sp³-hybridized carbons (Fsp3) is 0.400. The van der Waals surface area contributed by atoms with E-state index in [4.69, 9.17) is 4.74 Å². The maximum atomic E-state index is 14.6. The zero-order valence-corrected chi connectivity index (χ0v) is 29.7. The highest BCUT2D eigenvalue weighted by molar-refractivity contribution is 9.10. The Bertz CT molecular complexity index is 1910. The number of halogens is 1. The van der Waals surface area contributed by atoms with Gasteiger partial charge in [0, 0.05) is 41.6 Å². The quantitative estimate of drug-likeness (QED) is 0.242. The van der Waals surface area contributed by atoms with E-state index in [1.165, 1.54) is 17.6 Å². The summed E-state index contributed by atoms with van der Waals surface area (Å²) in [5.41, 5.74) is 1.75. The van der Waals surface area contributed by atoms with Crippen LogP contribution < -0.4 is 9.64 Å². The van der Waals surface area contributed by atoms with Crippen LogP contribution in [0, 0.1) is 29.1 Å². The number of ether oxygens (including phenoxy) is 1. The van der Waals surface area contributed by atoms with Gasteiger partial charge >= 0.3 is 0 Å². The summed E-state index contributed by atoms with van der Waals surface area (Å²) in [5.74, 6) is -3.97. The van der Waals surface area contributed by atoms with E-state index in [1.807, 2.05) is 37.3 Å². The molecule has 0 spiro atoms. The van der Waals surface area contributed by atoms with Crippen LogP contribution in [0.5, 0.6) is 11.5 Å². The molecule has 8 rings (SSSR count). The van der Waals surface area contributed by atoms with Gasteiger partial charge in [0.2, 0.25) is 23.6 Å². The highest BCUT2D eigenvalue weighted by atomic mass is 79.9. The lowest BCUT2D eigenvalue weighted by Crippen LogP contribution is -2.49. The van der Waals surface area contributed by atoms with Gasteiger partial charge in [-0.05, 0) is 68.4 Å². The van der Waals surface area contributed by atoms with Gasteiger partial charge in [-0.1, -0.05) is 76.1 Å². The molecular formula is C40H40BrN3O6. The number of imide groups is 2. The van der Waals surface area contributed by atoms with Gasteiger partial charge in [0.1, 0.15) is 0 Å². The number of carbonyl (C=O) groups excluding carboxylic acids is 4. The number of para-hydroxylation sites is 1. The minimum absolute atomic E-state index is 0.111. The predicted molar refractivity (Wildman–Crippen MR) is 190 cm³/mol. The zero-order chi connectivity index (χ0) is 34.9. The summed E-state index contributed by atoms with van der Waals surface area (Å²) in [7, 11) is 1.47. The number of carbonyl (C=O) groups is 4. The Morgan fingerprint density at radius 3 is 2.26 bits per heavy atom. The van der Waals surface area contributed by atoms with Crippen LogP contribution in [0.4, 0.5) is 5.69 Å². The maximum Gasteiger partial charge on any atom is 0.241 e. The lowest BCUT2D eigenvalue weighted by atomic mass is 9.51. The first kappa shape index (κ1) is 32.9. The predicted octanol–water partition coefficient (Wildman–Crippen LogP) is 6.06. The molecular weight excluding hydrogens is 698 g/mol. The standard InChI is InChI=1S/C40H40BrN3O6/c1-40-31(37(47)44(39(40)49)25-11-7-4-8-12-25)21-29-27(34(40)30-19-24(41)20-32(50-2)35(30)45)13-14-28-33(29)38(48)43(36(28)46)26-15-17-42(18-16-26)22-23-9-5-3-6-10-23/h3-13,19-20,26,28-29,31,33-34,45H,14-18,21-22H2,1-2H3/t28-,29+,31-,33-,34+,40+/m0/s1. The number of piperidine rings is 1. The molecule has 0 bridgehead atoms. The lowest BCUT2D eigenvalue weighted by molar-refractivity contribution is -0.144. The topological polar surface area (TPSA) is 107 Å². The summed E-state index contributed by atoms with van der Waals surface area (Å²) in [4.78, 5) is 63.0. The largest absolute Gasteiger partial charge is 0.504 e.